The third-order valence-electron chi connectivity index (χ3n) is 0.731. The van der Waals surface area contributed by atoms with Crippen LogP contribution in [0.4, 0.5) is 0 Å². The van der Waals surface area contributed by atoms with Gasteiger partial charge in [0.25, 0.3) is 0 Å². The second kappa shape index (κ2) is 6.62. The van der Waals surface area contributed by atoms with Gasteiger partial charge in [0.1, 0.15) is 6.16 Å². The van der Waals surface area contributed by atoms with Crippen molar-refractivity contribution in [3.63, 3.8) is 0 Å². The van der Waals surface area contributed by atoms with Crippen LogP contribution in [0.3, 0.4) is 0 Å². The van der Waals surface area contributed by atoms with E-state index < -0.39 is 25.5 Å². The Morgan fingerprint density at radius 1 is 1.31 bits per heavy atom. The number of aliphatic carboxylic acids is 2. The van der Waals surface area contributed by atoms with Crippen molar-refractivity contribution >= 4 is 19.3 Å². The van der Waals surface area contributed by atoms with Crippen LogP contribution in [0.2, 0.25) is 0 Å². The molecule has 3 N–H and O–H groups in total. The number of carbonyl (C=O) groups is 2. The molecule has 0 aliphatic carbocycles. The SMILES string of the molecule is CCC(=O)O.CP(=O)(O)CC(=O)O.[HH].[HH]. The Balaban J connectivity index is -0.0000000770. The molecule has 13 heavy (non-hydrogen) atoms. The molecule has 0 rings (SSSR count). The highest BCUT2D eigenvalue weighted by Crippen LogP contribution is 2.33. The van der Waals surface area contributed by atoms with Crippen LogP contribution in [0.15, 0.2) is 0 Å². The van der Waals surface area contributed by atoms with Crippen LogP contribution in [0.5, 0.6) is 0 Å². The molecule has 0 bridgehead atoms. The van der Waals surface area contributed by atoms with Gasteiger partial charge in [-0.05, 0) is 0 Å². The molecule has 1 unspecified atom stereocenters. The molecular formula is C6H17O6P. The summed E-state index contributed by atoms with van der Waals surface area (Å²) in [4.78, 5) is 27.4. The molecule has 7 heteroatoms. The third-order valence-corrected chi connectivity index (χ3v) is 1.59. The molecule has 0 fully saturated rings. The van der Waals surface area contributed by atoms with E-state index in [9.17, 15) is 14.2 Å². The second-order valence-corrected chi connectivity index (χ2v) is 4.77. The number of hydrogen-bond acceptors (Lipinski definition) is 3. The van der Waals surface area contributed by atoms with Crippen molar-refractivity contribution in [1.29, 1.82) is 0 Å². The van der Waals surface area contributed by atoms with Crippen molar-refractivity contribution in [3.05, 3.63) is 0 Å². The fourth-order valence-corrected chi connectivity index (χ4v) is 0.753. The van der Waals surface area contributed by atoms with Crippen LogP contribution in [-0.4, -0.2) is 39.9 Å². The molecule has 6 nitrogen and oxygen atoms in total. The van der Waals surface area contributed by atoms with Gasteiger partial charge in [0.05, 0.1) is 0 Å². The number of carboxylic acids is 2. The summed E-state index contributed by atoms with van der Waals surface area (Å²) < 4.78 is 10.2. The van der Waals surface area contributed by atoms with Gasteiger partial charge in [-0.1, -0.05) is 6.92 Å². The van der Waals surface area contributed by atoms with Gasteiger partial charge >= 0.3 is 11.9 Å². The van der Waals surface area contributed by atoms with E-state index in [0.29, 0.717) is 0 Å². The van der Waals surface area contributed by atoms with E-state index in [1.165, 1.54) is 0 Å². The summed E-state index contributed by atoms with van der Waals surface area (Å²) >= 11 is 0. The summed E-state index contributed by atoms with van der Waals surface area (Å²) in [6.45, 7) is 2.61. The first kappa shape index (κ1) is 14.6. The van der Waals surface area contributed by atoms with Crippen LogP contribution in [-0.2, 0) is 14.2 Å². The molecule has 0 amide bonds. The summed E-state index contributed by atoms with van der Waals surface area (Å²) in [5.41, 5.74) is 0. The van der Waals surface area contributed by atoms with Gasteiger partial charge < -0.3 is 15.1 Å². The van der Waals surface area contributed by atoms with E-state index in [0.717, 1.165) is 6.66 Å². The van der Waals surface area contributed by atoms with Crippen LogP contribution >= 0.6 is 7.37 Å². The minimum atomic E-state index is -3.32. The molecule has 0 heterocycles. The predicted octanol–water partition coefficient (Wildman–Crippen LogP) is 0.944. The van der Waals surface area contributed by atoms with Crippen LogP contribution in [0.1, 0.15) is 16.2 Å². The average Bonchev–Trinajstić information content (AvgIpc) is 1.83. The van der Waals surface area contributed by atoms with E-state index in [4.69, 9.17) is 15.1 Å². The lowest BCUT2D eigenvalue weighted by Gasteiger charge is -1.96. The van der Waals surface area contributed by atoms with Gasteiger partial charge in [-0.3, -0.25) is 14.2 Å². The quantitative estimate of drug-likeness (QED) is 0.605. The second-order valence-electron chi connectivity index (χ2n) is 2.35. The Kier molecular flexibility index (Phi) is 7.46. The molecule has 0 aliphatic heterocycles. The van der Waals surface area contributed by atoms with Gasteiger partial charge in [-0.15, -0.1) is 0 Å². The Bertz CT molecular complexity index is 226. The molecule has 0 aliphatic rings. The maximum absolute atomic E-state index is 10.2. The summed E-state index contributed by atoms with van der Waals surface area (Å²) in [5.74, 6) is -1.98. The van der Waals surface area contributed by atoms with E-state index in [2.05, 4.69) is 0 Å². The highest BCUT2D eigenvalue weighted by Gasteiger charge is 2.13. The monoisotopic (exact) mass is 216 g/mol. The zero-order chi connectivity index (χ0) is 11.1. The zero-order valence-corrected chi connectivity index (χ0v) is 8.32. The average molecular weight is 216 g/mol. The molecule has 0 aromatic carbocycles. The standard InChI is InChI=1S/C3H7O4P.C3H6O2.2H2/c1-8(6,7)2-3(4)5;1-2-3(4)5;;/h2H2,1H3,(H,4,5)(H,6,7);2H2,1H3,(H,4,5);2*1H. The molecule has 0 aromatic rings. The molecule has 0 spiro atoms. The van der Waals surface area contributed by atoms with Gasteiger partial charge in [-0.2, -0.15) is 0 Å². The number of hydrogen-bond donors (Lipinski definition) is 3. The number of carboxylic acid groups (broad SMARTS) is 2. The highest BCUT2D eigenvalue weighted by molar-refractivity contribution is 7.58. The first-order valence-corrected chi connectivity index (χ1v) is 5.71. The summed E-state index contributed by atoms with van der Waals surface area (Å²) in [5, 5.41) is 15.6. The van der Waals surface area contributed by atoms with Crippen molar-refractivity contribution < 1.29 is 32.1 Å². The summed E-state index contributed by atoms with van der Waals surface area (Å²) in [6.07, 6.45) is -0.424. The predicted molar refractivity (Wildman–Crippen MR) is 50.4 cm³/mol. The van der Waals surface area contributed by atoms with Gasteiger partial charge in [0.15, 0.2) is 0 Å². The van der Waals surface area contributed by atoms with E-state index in [-0.39, 0.29) is 9.27 Å². The van der Waals surface area contributed by atoms with Crippen molar-refractivity contribution in [2.24, 2.45) is 0 Å². The summed E-state index contributed by atoms with van der Waals surface area (Å²) in [6, 6.07) is 0. The lowest BCUT2D eigenvalue weighted by Crippen LogP contribution is -2.01. The first-order chi connectivity index (χ1) is 5.69. The van der Waals surface area contributed by atoms with Gasteiger partial charge in [-0.25, -0.2) is 0 Å². The number of rotatable bonds is 3. The van der Waals surface area contributed by atoms with Crippen molar-refractivity contribution in [2.45, 2.75) is 13.3 Å². The van der Waals surface area contributed by atoms with Crippen LogP contribution in [0, 0.1) is 0 Å². The first-order valence-electron chi connectivity index (χ1n) is 3.42. The fraction of sp³-hybridized carbons (Fsp3) is 0.667. The maximum Gasteiger partial charge on any atom is 0.313 e. The molecule has 0 aromatic heterocycles. The molecule has 82 valence electrons. The Labute approximate surface area is 78.6 Å². The molecule has 0 radical (unpaired) electrons. The highest BCUT2D eigenvalue weighted by atomic mass is 31.2. The largest absolute Gasteiger partial charge is 0.481 e. The zero-order valence-electron chi connectivity index (χ0n) is 7.43. The third kappa shape index (κ3) is 24.7. The van der Waals surface area contributed by atoms with Crippen molar-refractivity contribution in [2.75, 3.05) is 12.8 Å². The Hall–Kier alpha value is -0.870. The topological polar surface area (TPSA) is 112 Å². The van der Waals surface area contributed by atoms with Crippen molar-refractivity contribution in [3.8, 4) is 0 Å². The van der Waals surface area contributed by atoms with E-state index >= 15 is 0 Å². The van der Waals surface area contributed by atoms with Gasteiger partial charge in [0.2, 0.25) is 7.37 Å². The van der Waals surface area contributed by atoms with Crippen molar-refractivity contribution in [1.82, 2.24) is 0 Å². The normalized spacial score (nSPS) is 13.5. The lowest BCUT2D eigenvalue weighted by molar-refractivity contribution is -0.137. The van der Waals surface area contributed by atoms with E-state index in [1.807, 2.05) is 0 Å². The minimum absolute atomic E-state index is 0. The van der Waals surface area contributed by atoms with Crippen LogP contribution in [0.25, 0.3) is 0 Å². The van der Waals surface area contributed by atoms with Gasteiger partial charge in [0, 0.05) is 15.9 Å². The Morgan fingerprint density at radius 3 is 1.62 bits per heavy atom. The smallest absolute Gasteiger partial charge is 0.313 e. The lowest BCUT2D eigenvalue weighted by atomic mass is 10.5. The summed E-state index contributed by atoms with van der Waals surface area (Å²) in [7, 11) is -3.32. The molecule has 0 saturated carbocycles. The Morgan fingerprint density at radius 2 is 1.62 bits per heavy atom. The maximum atomic E-state index is 10.2. The van der Waals surface area contributed by atoms with Crippen LogP contribution < -0.4 is 0 Å². The molecule has 0 saturated heterocycles. The molecule has 1 atom stereocenters. The molecular weight excluding hydrogens is 199 g/mol. The minimum Gasteiger partial charge on any atom is -0.481 e. The fourth-order valence-electron chi connectivity index (χ4n) is 0.251. The van der Waals surface area contributed by atoms with E-state index in [1.54, 1.807) is 6.92 Å².